The number of amides is 1. The molecule has 1 aromatic heterocycles. The molecule has 1 unspecified atom stereocenters. The number of carbonyl (C=O) groups excluding carboxylic acids is 1. The number of nitrogens with one attached hydrogen (secondary N) is 1. The lowest BCUT2D eigenvalue weighted by atomic mass is 9.68. The molecule has 2 aliphatic carbocycles. The number of hydrogen-bond acceptors (Lipinski definition) is 2. The highest BCUT2D eigenvalue weighted by Gasteiger charge is 2.45. The topological polar surface area (TPSA) is 46.9 Å². The normalized spacial score (nSPS) is 24.7. The summed E-state index contributed by atoms with van der Waals surface area (Å²) >= 11 is 0. The van der Waals surface area contributed by atoms with Gasteiger partial charge < -0.3 is 5.32 Å². The molecule has 2 aliphatic rings. The van der Waals surface area contributed by atoms with Crippen molar-refractivity contribution in [1.82, 2.24) is 15.1 Å². The van der Waals surface area contributed by atoms with E-state index in [1.807, 2.05) is 10.9 Å². The molecule has 1 saturated carbocycles. The van der Waals surface area contributed by atoms with Crippen molar-refractivity contribution in [3.8, 4) is 5.69 Å². The second-order valence-corrected chi connectivity index (χ2v) is 8.28. The van der Waals surface area contributed by atoms with Gasteiger partial charge in [0.1, 0.15) is 5.82 Å². The minimum atomic E-state index is -0.238. The van der Waals surface area contributed by atoms with Crippen LogP contribution in [0.2, 0.25) is 0 Å². The Balaban J connectivity index is 1.61. The predicted octanol–water partition coefficient (Wildman–Crippen LogP) is 4.28. The average Bonchev–Trinajstić information content (AvgIpc) is 3.13. The smallest absolute Gasteiger partial charge is 0.217 e. The summed E-state index contributed by atoms with van der Waals surface area (Å²) in [6.45, 7) is 6.03. The maximum atomic E-state index is 13.3. The van der Waals surface area contributed by atoms with Crippen molar-refractivity contribution in [3.05, 3.63) is 53.1 Å². The van der Waals surface area contributed by atoms with E-state index >= 15 is 0 Å². The lowest BCUT2D eigenvalue weighted by Gasteiger charge is -2.37. The molecule has 1 amide bonds. The first-order chi connectivity index (χ1) is 12.9. The van der Waals surface area contributed by atoms with E-state index in [-0.39, 0.29) is 23.2 Å². The molecule has 3 atom stereocenters. The number of allylic oxidation sites excluding steroid dienone is 1. The maximum Gasteiger partial charge on any atom is 0.217 e. The van der Waals surface area contributed by atoms with Crippen LogP contribution in [0, 0.1) is 17.2 Å². The average molecular weight is 367 g/mol. The van der Waals surface area contributed by atoms with Crippen LogP contribution in [-0.2, 0) is 11.2 Å². The largest absolute Gasteiger partial charge is 0.354 e. The van der Waals surface area contributed by atoms with Crippen molar-refractivity contribution < 1.29 is 9.18 Å². The van der Waals surface area contributed by atoms with Crippen molar-refractivity contribution >= 4 is 12.0 Å². The molecule has 27 heavy (non-hydrogen) atoms. The van der Waals surface area contributed by atoms with Crippen molar-refractivity contribution in [2.45, 2.75) is 52.5 Å². The van der Waals surface area contributed by atoms with Gasteiger partial charge in [-0.1, -0.05) is 12.5 Å². The fourth-order valence-electron chi connectivity index (χ4n) is 4.93. The van der Waals surface area contributed by atoms with E-state index < -0.39 is 0 Å². The van der Waals surface area contributed by atoms with E-state index in [1.54, 1.807) is 19.1 Å². The third kappa shape index (κ3) is 3.20. The fraction of sp³-hybridized carbons (Fsp3) is 0.455. The second-order valence-electron chi connectivity index (χ2n) is 8.28. The van der Waals surface area contributed by atoms with Crippen LogP contribution in [0.25, 0.3) is 11.8 Å². The molecule has 142 valence electrons. The molecule has 1 fully saturated rings. The van der Waals surface area contributed by atoms with E-state index in [9.17, 15) is 9.18 Å². The van der Waals surface area contributed by atoms with Crippen LogP contribution in [0.1, 0.15) is 51.3 Å². The minimum absolute atomic E-state index is 0.0351. The van der Waals surface area contributed by atoms with Crippen LogP contribution >= 0.6 is 0 Å². The lowest BCUT2D eigenvalue weighted by Crippen LogP contribution is -2.36. The molecule has 0 saturated heterocycles. The Morgan fingerprint density at radius 2 is 2.15 bits per heavy atom. The van der Waals surface area contributed by atoms with E-state index in [2.05, 4.69) is 30.3 Å². The number of hydrogen-bond donors (Lipinski definition) is 1. The number of benzene rings is 1. The third-order valence-electron chi connectivity index (χ3n) is 6.31. The van der Waals surface area contributed by atoms with Crippen molar-refractivity contribution in [1.29, 1.82) is 0 Å². The van der Waals surface area contributed by atoms with Gasteiger partial charge in [0, 0.05) is 13.0 Å². The Morgan fingerprint density at radius 1 is 1.41 bits per heavy atom. The Labute approximate surface area is 159 Å². The SMILES string of the molecule is CC(=O)NC(C)C[C@H]1CCC2=Cc3c(cnn3-c3ccc(F)cc3)C[C@@]21C. The van der Waals surface area contributed by atoms with Gasteiger partial charge in [-0.15, -0.1) is 0 Å². The van der Waals surface area contributed by atoms with E-state index in [0.29, 0.717) is 5.92 Å². The molecule has 4 rings (SSSR count). The highest BCUT2D eigenvalue weighted by atomic mass is 19.1. The van der Waals surface area contributed by atoms with Crippen LogP contribution in [0.15, 0.2) is 36.0 Å². The van der Waals surface area contributed by atoms with Gasteiger partial charge in [-0.05, 0) is 79.8 Å². The van der Waals surface area contributed by atoms with Gasteiger partial charge in [0.2, 0.25) is 5.91 Å². The Hall–Kier alpha value is -2.43. The number of carbonyl (C=O) groups is 1. The molecule has 5 heteroatoms. The first-order valence-corrected chi connectivity index (χ1v) is 9.68. The summed E-state index contributed by atoms with van der Waals surface area (Å²) in [7, 11) is 0. The van der Waals surface area contributed by atoms with E-state index in [1.165, 1.54) is 23.3 Å². The predicted molar refractivity (Wildman–Crippen MR) is 104 cm³/mol. The van der Waals surface area contributed by atoms with Crippen LogP contribution in [-0.4, -0.2) is 21.7 Å². The number of rotatable bonds is 4. The van der Waals surface area contributed by atoms with E-state index in [0.717, 1.165) is 37.1 Å². The summed E-state index contributed by atoms with van der Waals surface area (Å²) in [4.78, 5) is 11.4. The summed E-state index contributed by atoms with van der Waals surface area (Å²) in [5.74, 6) is 0.346. The molecule has 0 bridgehead atoms. The van der Waals surface area contributed by atoms with Gasteiger partial charge in [-0.2, -0.15) is 5.10 Å². The second kappa shape index (κ2) is 6.63. The van der Waals surface area contributed by atoms with E-state index in [4.69, 9.17) is 0 Å². The van der Waals surface area contributed by atoms with Gasteiger partial charge in [-0.3, -0.25) is 4.79 Å². The zero-order valence-electron chi connectivity index (χ0n) is 16.1. The summed E-state index contributed by atoms with van der Waals surface area (Å²) in [6.07, 6.45) is 8.44. The number of fused-ring (bicyclic) bond motifs is 2. The number of nitrogens with zero attached hydrogens (tertiary/aromatic N) is 2. The van der Waals surface area contributed by atoms with Gasteiger partial charge >= 0.3 is 0 Å². The van der Waals surface area contributed by atoms with Crippen molar-refractivity contribution in [2.75, 3.05) is 0 Å². The third-order valence-corrected chi connectivity index (χ3v) is 6.31. The van der Waals surface area contributed by atoms with Crippen molar-refractivity contribution in [2.24, 2.45) is 11.3 Å². The maximum absolute atomic E-state index is 13.3. The molecule has 0 aliphatic heterocycles. The van der Waals surface area contributed by atoms with Gasteiger partial charge in [0.25, 0.3) is 0 Å². The highest BCUT2D eigenvalue weighted by molar-refractivity contribution is 5.73. The highest BCUT2D eigenvalue weighted by Crippen LogP contribution is 2.54. The first-order valence-electron chi connectivity index (χ1n) is 9.68. The molecule has 1 aromatic carbocycles. The summed E-state index contributed by atoms with van der Waals surface area (Å²) in [5, 5.41) is 7.60. The summed E-state index contributed by atoms with van der Waals surface area (Å²) < 4.78 is 15.2. The Bertz CT molecular complexity index is 899. The summed E-state index contributed by atoms with van der Waals surface area (Å²) in [6, 6.07) is 6.66. The van der Waals surface area contributed by atoms with Gasteiger partial charge in [0.05, 0.1) is 17.6 Å². The molecular formula is C22H26FN3O. The molecule has 2 aromatic rings. The first kappa shape index (κ1) is 18.0. The van der Waals surface area contributed by atoms with Crippen molar-refractivity contribution in [3.63, 3.8) is 0 Å². The Kier molecular flexibility index (Phi) is 4.41. The standard InChI is InChI=1S/C22H26FN3O/c1-14(25-15(2)27)10-17-4-5-18-11-21-16(12-22(17,18)3)13-24-26(21)20-8-6-19(23)7-9-20/h6-9,11,13-14,17H,4-5,10,12H2,1-3H3,(H,25,27)/t14?,17-,22-/m1/s1. The fourth-order valence-corrected chi connectivity index (χ4v) is 4.93. The van der Waals surface area contributed by atoms with Crippen LogP contribution in [0.4, 0.5) is 4.39 Å². The lowest BCUT2D eigenvalue weighted by molar-refractivity contribution is -0.119. The molecular weight excluding hydrogens is 341 g/mol. The zero-order valence-corrected chi connectivity index (χ0v) is 16.1. The van der Waals surface area contributed by atoms with Crippen LogP contribution in [0.5, 0.6) is 0 Å². The molecule has 0 radical (unpaired) electrons. The van der Waals surface area contributed by atoms with Gasteiger partial charge in [0.15, 0.2) is 0 Å². The number of halogens is 1. The van der Waals surface area contributed by atoms with Gasteiger partial charge in [-0.25, -0.2) is 9.07 Å². The zero-order chi connectivity index (χ0) is 19.2. The molecule has 0 spiro atoms. The minimum Gasteiger partial charge on any atom is -0.354 e. The monoisotopic (exact) mass is 367 g/mol. The molecule has 1 N–H and O–H groups in total. The molecule has 4 nitrogen and oxygen atoms in total. The Morgan fingerprint density at radius 3 is 2.85 bits per heavy atom. The summed E-state index contributed by atoms with van der Waals surface area (Å²) in [5.41, 5.74) is 4.83. The van der Waals surface area contributed by atoms with Crippen LogP contribution in [0.3, 0.4) is 0 Å². The number of aromatic nitrogens is 2. The van der Waals surface area contributed by atoms with Crippen LogP contribution < -0.4 is 5.32 Å². The quantitative estimate of drug-likeness (QED) is 0.877. The molecule has 1 heterocycles.